The Morgan fingerprint density at radius 1 is 1.45 bits per heavy atom. The molecular formula is C14H14N2O3S. The highest BCUT2D eigenvalue weighted by molar-refractivity contribution is 8.00. The topological polar surface area (TPSA) is 81.4 Å². The van der Waals surface area contributed by atoms with Crippen molar-refractivity contribution in [2.45, 2.75) is 12.8 Å². The molecule has 0 radical (unpaired) electrons. The molecule has 1 aliphatic heterocycles. The predicted octanol–water partition coefficient (Wildman–Crippen LogP) is 1.92. The van der Waals surface area contributed by atoms with Crippen LogP contribution in [0, 0.1) is 11.3 Å². The Bertz CT molecular complexity index is 580. The van der Waals surface area contributed by atoms with Crippen molar-refractivity contribution >= 4 is 29.3 Å². The highest BCUT2D eigenvalue weighted by Gasteiger charge is 2.23. The first-order valence-electron chi connectivity index (χ1n) is 6.24. The number of thioether (sulfide) groups is 1. The number of rotatable bonds is 4. The number of hydrogen-bond donors (Lipinski definition) is 1. The van der Waals surface area contributed by atoms with E-state index in [4.69, 9.17) is 10.4 Å². The fraction of sp³-hybridized carbons (Fsp3) is 0.357. The second-order valence-corrected chi connectivity index (χ2v) is 5.43. The number of anilines is 1. The van der Waals surface area contributed by atoms with Gasteiger partial charge in [0.25, 0.3) is 0 Å². The SMILES string of the molecule is N#CCSCC(=O)N1CCCc2cc(C(=O)O)ccc21. The zero-order valence-corrected chi connectivity index (χ0v) is 11.7. The van der Waals surface area contributed by atoms with E-state index in [0.717, 1.165) is 24.1 Å². The van der Waals surface area contributed by atoms with Crippen LogP contribution < -0.4 is 4.90 Å². The van der Waals surface area contributed by atoms with Crippen LogP contribution in [0.4, 0.5) is 5.69 Å². The molecule has 104 valence electrons. The van der Waals surface area contributed by atoms with Gasteiger partial charge in [0, 0.05) is 12.2 Å². The molecule has 0 unspecified atom stereocenters. The van der Waals surface area contributed by atoms with E-state index in [1.807, 2.05) is 6.07 Å². The van der Waals surface area contributed by atoms with Crippen molar-refractivity contribution in [2.75, 3.05) is 23.0 Å². The maximum absolute atomic E-state index is 12.1. The van der Waals surface area contributed by atoms with E-state index in [1.54, 1.807) is 17.0 Å². The molecular weight excluding hydrogens is 276 g/mol. The third-order valence-electron chi connectivity index (χ3n) is 3.14. The van der Waals surface area contributed by atoms with Crippen LogP contribution in [0.1, 0.15) is 22.3 Å². The standard InChI is InChI=1S/C14H14N2O3S/c15-5-7-20-9-13(17)16-6-1-2-10-8-11(14(18)19)3-4-12(10)16/h3-4,8H,1-2,6-7,9H2,(H,18,19). The lowest BCUT2D eigenvalue weighted by molar-refractivity contribution is -0.116. The minimum absolute atomic E-state index is 0.0331. The van der Waals surface area contributed by atoms with E-state index in [1.165, 1.54) is 17.8 Å². The minimum Gasteiger partial charge on any atom is -0.478 e. The second kappa shape index (κ2) is 6.44. The monoisotopic (exact) mass is 290 g/mol. The van der Waals surface area contributed by atoms with Crippen LogP contribution in [-0.4, -0.2) is 35.0 Å². The zero-order valence-electron chi connectivity index (χ0n) is 10.8. The van der Waals surface area contributed by atoms with E-state index in [0.29, 0.717) is 12.3 Å². The summed E-state index contributed by atoms with van der Waals surface area (Å²) in [4.78, 5) is 24.8. The molecule has 0 spiro atoms. The van der Waals surface area contributed by atoms with E-state index >= 15 is 0 Å². The molecule has 1 heterocycles. The van der Waals surface area contributed by atoms with Gasteiger partial charge in [-0.05, 0) is 36.6 Å². The molecule has 2 rings (SSSR count). The van der Waals surface area contributed by atoms with E-state index < -0.39 is 5.97 Å². The Morgan fingerprint density at radius 2 is 2.25 bits per heavy atom. The zero-order chi connectivity index (χ0) is 14.5. The van der Waals surface area contributed by atoms with E-state index in [2.05, 4.69) is 0 Å². The molecule has 0 saturated heterocycles. The summed E-state index contributed by atoms with van der Waals surface area (Å²) in [5.41, 5.74) is 1.94. The second-order valence-electron chi connectivity index (χ2n) is 4.45. The fourth-order valence-electron chi connectivity index (χ4n) is 2.25. The van der Waals surface area contributed by atoms with Crippen molar-refractivity contribution in [3.8, 4) is 6.07 Å². The number of nitriles is 1. The molecule has 1 aromatic carbocycles. The molecule has 1 N–H and O–H groups in total. The minimum atomic E-state index is -0.958. The Balaban J connectivity index is 2.18. The molecule has 0 atom stereocenters. The molecule has 0 fully saturated rings. The van der Waals surface area contributed by atoms with Gasteiger partial charge < -0.3 is 10.0 Å². The van der Waals surface area contributed by atoms with E-state index in [9.17, 15) is 9.59 Å². The van der Waals surface area contributed by atoms with Gasteiger partial charge in [-0.1, -0.05) is 0 Å². The van der Waals surface area contributed by atoms with Crippen LogP contribution in [0.2, 0.25) is 0 Å². The first-order chi connectivity index (χ1) is 9.63. The molecule has 5 nitrogen and oxygen atoms in total. The lowest BCUT2D eigenvalue weighted by Crippen LogP contribution is -2.36. The number of fused-ring (bicyclic) bond motifs is 1. The Hall–Kier alpha value is -2.00. The summed E-state index contributed by atoms with van der Waals surface area (Å²) in [5.74, 6) is -0.423. The number of nitrogens with zero attached hydrogens (tertiary/aromatic N) is 2. The number of aryl methyl sites for hydroxylation is 1. The number of hydrogen-bond acceptors (Lipinski definition) is 4. The van der Waals surface area contributed by atoms with Crippen molar-refractivity contribution in [1.29, 1.82) is 5.26 Å². The Kier molecular flexibility index (Phi) is 4.64. The van der Waals surface area contributed by atoms with Gasteiger partial charge in [-0.15, -0.1) is 11.8 Å². The maximum Gasteiger partial charge on any atom is 0.335 e. The van der Waals surface area contributed by atoms with Gasteiger partial charge in [-0.3, -0.25) is 4.79 Å². The fourth-order valence-corrected chi connectivity index (χ4v) is 2.77. The van der Waals surface area contributed by atoms with Crippen molar-refractivity contribution in [1.82, 2.24) is 0 Å². The summed E-state index contributed by atoms with van der Waals surface area (Å²) in [7, 11) is 0. The highest BCUT2D eigenvalue weighted by atomic mass is 32.2. The third kappa shape index (κ3) is 3.11. The van der Waals surface area contributed by atoms with Crippen LogP contribution in [-0.2, 0) is 11.2 Å². The average Bonchev–Trinajstić information content (AvgIpc) is 2.46. The third-order valence-corrected chi connectivity index (χ3v) is 3.92. The molecule has 0 saturated carbocycles. The normalized spacial score (nSPS) is 13.4. The molecule has 0 bridgehead atoms. The highest BCUT2D eigenvalue weighted by Crippen LogP contribution is 2.28. The molecule has 1 amide bonds. The summed E-state index contributed by atoms with van der Waals surface area (Å²) in [6, 6.07) is 6.85. The summed E-state index contributed by atoms with van der Waals surface area (Å²) in [6.07, 6.45) is 1.61. The maximum atomic E-state index is 12.1. The largest absolute Gasteiger partial charge is 0.478 e. The Morgan fingerprint density at radius 3 is 2.95 bits per heavy atom. The molecule has 0 aromatic heterocycles. The summed E-state index contributed by atoms with van der Waals surface area (Å²) in [6.45, 7) is 0.644. The number of benzene rings is 1. The molecule has 1 aliphatic rings. The van der Waals surface area contributed by atoms with Crippen LogP contribution in [0.15, 0.2) is 18.2 Å². The number of carboxylic acids is 1. The van der Waals surface area contributed by atoms with Crippen LogP contribution >= 0.6 is 11.8 Å². The van der Waals surface area contributed by atoms with Gasteiger partial charge in [0.15, 0.2) is 0 Å². The summed E-state index contributed by atoms with van der Waals surface area (Å²) < 4.78 is 0. The number of carbonyl (C=O) groups excluding carboxylic acids is 1. The van der Waals surface area contributed by atoms with Crippen molar-refractivity contribution in [3.05, 3.63) is 29.3 Å². The van der Waals surface area contributed by atoms with Gasteiger partial charge in [-0.25, -0.2) is 4.79 Å². The Labute approximate surface area is 121 Å². The van der Waals surface area contributed by atoms with Gasteiger partial charge in [0.2, 0.25) is 5.91 Å². The smallest absolute Gasteiger partial charge is 0.335 e. The number of carboxylic acid groups (broad SMARTS) is 1. The van der Waals surface area contributed by atoms with Gasteiger partial charge in [0.1, 0.15) is 0 Å². The van der Waals surface area contributed by atoms with Crippen LogP contribution in [0.5, 0.6) is 0 Å². The number of aromatic carboxylic acids is 1. The first kappa shape index (κ1) is 14.4. The van der Waals surface area contributed by atoms with Crippen molar-refractivity contribution in [3.63, 3.8) is 0 Å². The average molecular weight is 290 g/mol. The van der Waals surface area contributed by atoms with Gasteiger partial charge in [0.05, 0.1) is 23.1 Å². The van der Waals surface area contributed by atoms with Crippen molar-refractivity contribution in [2.24, 2.45) is 0 Å². The lowest BCUT2D eigenvalue weighted by atomic mass is 9.99. The van der Waals surface area contributed by atoms with Gasteiger partial charge >= 0.3 is 5.97 Å². The molecule has 1 aromatic rings. The van der Waals surface area contributed by atoms with Crippen molar-refractivity contribution < 1.29 is 14.7 Å². The number of carbonyl (C=O) groups is 2. The molecule has 0 aliphatic carbocycles. The van der Waals surface area contributed by atoms with Crippen LogP contribution in [0.3, 0.4) is 0 Å². The first-order valence-corrected chi connectivity index (χ1v) is 7.40. The summed E-state index contributed by atoms with van der Waals surface area (Å²) in [5, 5.41) is 17.5. The lowest BCUT2D eigenvalue weighted by Gasteiger charge is -2.29. The molecule has 20 heavy (non-hydrogen) atoms. The molecule has 6 heteroatoms. The van der Waals surface area contributed by atoms with Gasteiger partial charge in [-0.2, -0.15) is 5.26 Å². The van der Waals surface area contributed by atoms with E-state index in [-0.39, 0.29) is 17.2 Å². The predicted molar refractivity (Wildman–Crippen MR) is 77.0 cm³/mol. The van der Waals surface area contributed by atoms with Crippen LogP contribution in [0.25, 0.3) is 0 Å². The summed E-state index contributed by atoms with van der Waals surface area (Å²) >= 11 is 1.29. The number of amides is 1. The quantitative estimate of drug-likeness (QED) is 0.857.